The first-order valence-electron chi connectivity index (χ1n) is 8.80. The number of nitrogens with two attached hydrogens (primary N) is 1. The van der Waals surface area contributed by atoms with E-state index in [1.54, 1.807) is 0 Å². The fourth-order valence-electron chi connectivity index (χ4n) is 2.34. The molecule has 0 heterocycles. The molecular formula is C20H32N2O2. The molecule has 134 valence electrons. The molecule has 0 fully saturated rings. The topological polar surface area (TPSA) is 64.3 Å². The maximum absolute atomic E-state index is 11.1. The average molecular weight is 332 g/mol. The van der Waals surface area contributed by atoms with Gasteiger partial charge in [-0.1, -0.05) is 64.0 Å². The van der Waals surface area contributed by atoms with Crippen LogP contribution in [0.25, 0.3) is 0 Å². The maximum atomic E-state index is 11.1. The molecule has 1 unspecified atom stereocenters. The first kappa shape index (κ1) is 20.4. The summed E-state index contributed by atoms with van der Waals surface area (Å²) in [6.45, 7) is 8.31. The van der Waals surface area contributed by atoms with Gasteiger partial charge in [-0.25, -0.2) is 0 Å². The minimum absolute atomic E-state index is 0.359. The molecule has 4 heteroatoms. The molecule has 1 aromatic carbocycles. The van der Waals surface area contributed by atoms with Crippen molar-refractivity contribution in [1.82, 2.24) is 5.32 Å². The summed E-state index contributed by atoms with van der Waals surface area (Å²) in [6, 6.07) is 7.70. The lowest BCUT2D eigenvalue weighted by Gasteiger charge is -2.24. The van der Waals surface area contributed by atoms with Crippen LogP contribution in [0.3, 0.4) is 0 Å². The summed E-state index contributed by atoms with van der Waals surface area (Å²) in [5.41, 5.74) is 8.03. The second kappa shape index (κ2) is 11.0. The Labute approximate surface area is 146 Å². The molecular weight excluding hydrogens is 300 g/mol. The molecule has 0 amide bonds. The molecule has 1 aromatic rings. The Hall–Kier alpha value is -1.65. The lowest BCUT2D eigenvalue weighted by molar-refractivity contribution is -0.117. The van der Waals surface area contributed by atoms with Gasteiger partial charge in [0.25, 0.3) is 0 Å². The smallest absolute Gasteiger partial charge is 0.150 e. The van der Waals surface area contributed by atoms with Crippen molar-refractivity contribution in [1.29, 1.82) is 0 Å². The number of aldehydes is 1. The largest absolute Gasteiger partial charge is 0.398 e. The number of benzene rings is 1. The SMILES string of the molecule is CCC(C)(CC)CC=CCOC(C=O)CNCc1ccccc1N. The van der Waals surface area contributed by atoms with Gasteiger partial charge in [-0.05, 0) is 23.5 Å². The van der Waals surface area contributed by atoms with Gasteiger partial charge in [0.15, 0.2) is 0 Å². The molecule has 1 rings (SSSR count). The van der Waals surface area contributed by atoms with E-state index in [-0.39, 0.29) is 0 Å². The number of ether oxygens (including phenoxy) is 1. The van der Waals surface area contributed by atoms with Gasteiger partial charge in [-0.3, -0.25) is 0 Å². The van der Waals surface area contributed by atoms with Crippen molar-refractivity contribution >= 4 is 12.0 Å². The van der Waals surface area contributed by atoms with Crippen molar-refractivity contribution in [3.8, 4) is 0 Å². The third kappa shape index (κ3) is 7.28. The van der Waals surface area contributed by atoms with Crippen molar-refractivity contribution in [3.63, 3.8) is 0 Å². The molecule has 0 aliphatic rings. The number of nitrogen functional groups attached to an aromatic ring is 1. The predicted molar refractivity (Wildman–Crippen MR) is 101 cm³/mol. The average Bonchev–Trinajstić information content (AvgIpc) is 2.61. The highest BCUT2D eigenvalue weighted by molar-refractivity contribution is 5.56. The van der Waals surface area contributed by atoms with Crippen molar-refractivity contribution in [2.24, 2.45) is 5.41 Å². The molecule has 1 atom stereocenters. The van der Waals surface area contributed by atoms with Crippen LogP contribution in [0.4, 0.5) is 5.69 Å². The van der Waals surface area contributed by atoms with Gasteiger partial charge in [-0.2, -0.15) is 0 Å². The van der Waals surface area contributed by atoms with E-state index in [1.165, 1.54) is 0 Å². The maximum Gasteiger partial charge on any atom is 0.150 e. The van der Waals surface area contributed by atoms with E-state index in [0.717, 1.165) is 36.8 Å². The zero-order chi connectivity index (χ0) is 17.8. The van der Waals surface area contributed by atoms with E-state index in [2.05, 4.69) is 32.2 Å². The van der Waals surface area contributed by atoms with E-state index >= 15 is 0 Å². The quantitative estimate of drug-likeness (QED) is 0.348. The summed E-state index contributed by atoms with van der Waals surface area (Å²) >= 11 is 0. The van der Waals surface area contributed by atoms with Gasteiger partial charge in [0, 0.05) is 18.8 Å². The lowest BCUT2D eigenvalue weighted by atomic mass is 9.81. The van der Waals surface area contributed by atoms with Crippen LogP contribution in [0.1, 0.15) is 45.6 Å². The Kier molecular flexibility index (Phi) is 9.35. The summed E-state index contributed by atoms with van der Waals surface area (Å²) < 4.78 is 5.59. The number of carbonyl (C=O) groups excluding carboxylic acids is 1. The highest BCUT2D eigenvalue weighted by atomic mass is 16.5. The first-order chi connectivity index (χ1) is 11.5. The minimum Gasteiger partial charge on any atom is -0.398 e. The minimum atomic E-state index is -0.441. The van der Waals surface area contributed by atoms with Gasteiger partial charge in [0.05, 0.1) is 6.61 Å². The first-order valence-corrected chi connectivity index (χ1v) is 8.80. The Morgan fingerprint density at radius 1 is 1.25 bits per heavy atom. The monoisotopic (exact) mass is 332 g/mol. The Bertz CT molecular complexity index is 510. The van der Waals surface area contributed by atoms with Crippen LogP contribution < -0.4 is 11.1 Å². The number of anilines is 1. The summed E-state index contributed by atoms with van der Waals surface area (Å²) in [5, 5.41) is 3.22. The molecule has 0 radical (unpaired) electrons. The number of hydrogen-bond acceptors (Lipinski definition) is 4. The normalized spacial score (nSPS) is 13.3. The van der Waals surface area contributed by atoms with Crippen molar-refractivity contribution in [2.45, 2.75) is 52.7 Å². The predicted octanol–water partition coefficient (Wildman–Crippen LogP) is 3.72. The van der Waals surface area contributed by atoms with Crippen LogP contribution in [0.2, 0.25) is 0 Å². The fourth-order valence-corrected chi connectivity index (χ4v) is 2.34. The third-order valence-corrected chi connectivity index (χ3v) is 4.76. The second-order valence-electron chi connectivity index (χ2n) is 6.53. The highest BCUT2D eigenvalue weighted by Crippen LogP contribution is 2.29. The molecule has 0 saturated carbocycles. The van der Waals surface area contributed by atoms with Crippen molar-refractivity contribution in [3.05, 3.63) is 42.0 Å². The van der Waals surface area contributed by atoms with E-state index in [0.29, 0.717) is 25.1 Å². The van der Waals surface area contributed by atoms with Crippen molar-refractivity contribution < 1.29 is 9.53 Å². The van der Waals surface area contributed by atoms with E-state index in [1.807, 2.05) is 30.3 Å². The third-order valence-electron chi connectivity index (χ3n) is 4.76. The molecule has 0 spiro atoms. The van der Waals surface area contributed by atoms with E-state index in [4.69, 9.17) is 10.5 Å². The molecule has 4 nitrogen and oxygen atoms in total. The number of nitrogens with one attached hydrogen (secondary N) is 1. The molecule has 0 bridgehead atoms. The summed E-state index contributed by atoms with van der Waals surface area (Å²) in [7, 11) is 0. The Morgan fingerprint density at radius 3 is 2.58 bits per heavy atom. The molecule has 0 aliphatic heterocycles. The molecule has 0 aliphatic carbocycles. The van der Waals surface area contributed by atoms with Crippen LogP contribution in [0, 0.1) is 5.41 Å². The lowest BCUT2D eigenvalue weighted by Crippen LogP contribution is -2.30. The zero-order valence-electron chi connectivity index (χ0n) is 15.3. The van der Waals surface area contributed by atoms with Crippen LogP contribution in [0.5, 0.6) is 0 Å². The van der Waals surface area contributed by atoms with Crippen LogP contribution in [-0.4, -0.2) is 25.5 Å². The fraction of sp³-hybridized carbons (Fsp3) is 0.550. The van der Waals surface area contributed by atoms with Gasteiger partial charge >= 0.3 is 0 Å². The summed E-state index contributed by atoms with van der Waals surface area (Å²) in [6.07, 6.45) is 7.94. The summed E-state index contributed by atoms with van der Waals surface area (Å²) in [5.74, 6) is 0. The molecule has 3 N–H and O–H groups in total. The van der Waals surface area contributed by atoms with Gasteiger partial charge in [0.2, 0.25) is 0 Å². The van der Waals surface area contributed by atoms with Gasteiger partial charge < -0.3 is 20.6 Å². The zero-order valence-corrected chi connectivity index (χ0v) is 15.3. The molecule has 24 heavy (non-hydrogen) atoms. The highest BCUT2D eigenvalue weighted by Gasteiger charge is 2.17. The van der Waals surface area contributed by atoms with Gasteiger partial charge in [0.1, 0.15) is 12.4 Å². The Balaban J connectivity index is 2.28. The number of hydrogen-bond donors (Lipinski definition) is 2. The summed E-state index contributed by atoms with van der Waals surface area (Å²) in [4.78, 5) is 11.1. The standard InChI is InChI=1S/C20H32N2O2/c1-4-20(3,5-2)12-8-9-13-24-18(16-23)15-22-14-17-10-6-7-11-19(17)21/h6-11,16,18,22H,4-5,12-15,21H2,1-3H3. The van der Waals surface area contributed by atoms with E-state index < -0.39 is 6.10 Å². The van der Waals surface area contributed by atoms with Crippen LogP contribution in [0.15, 0.2) is 36.4 Å². The number of carbonyl (C=O) groups is 1. The number of rotatable bonds is 12. The van der Waals surface area contributed by atoms with Gasteiger partial charge in [-0.15, -0.1) is 0 Å². The molecule has 0 saturated heterocycles. The van der Waals surface area contributed by atoms with Crippen molar-refractivity contribution in [2.75, 3.05) is 18.9 Å². The van der Waals surface area contributed by atoms with Crippen LogP contribution >= 0.6 is 0 Å². The second-order valence-corrected chi connectivity index (χ2v) is 6.53. The molecule has 0 aromatic heterocycles. The number of allylic oxidation sites excluding steroid dienone is 1. The Morgan fingerprint density at radius 2 is 1.96 bits per heavy atom. The number of para-hydroxylation sites is 1. The van der Waals surface area contributed by atoms with E-state index in [9.17, 15) is 4.79 Å². The van der Waals surface area contributed by atoms with Crippen LogP contribution in [-0.2, 0) is 16.1 Å².